The maximum Gasteiger partial charge on any atom is 0.270 e. The van der Waals surface area contributed by atoms with Gasteiger partial charge in [0.1, 0.15) is 28.2 Å². The number of amides is 1. The Hall–Kier alpha value is -3.25. The summed E-state index contributed by atoms with van der Waals surface area (Å²) in [6, 6.07) is 6.18. The number of halogens is 1. The number of hydrogen-bond donors (Lipinski definition) is 2. The fourth-order valence-corrected chi connectivity index (χ4v) is 3.07. The van der Waals surface area contributed by atoms with Crippen LogP contribution in [-0.2, 0) is 7.05 Å². The summed E-state index contributed by atoms with van der Waals surface area (Å²) < 4.78 is 15.2. The molecule has 0 saturated heterocycles. The lowest BCUT2D eigenvalue weighted by atomic mass is 10.2. The van der Waals surface area contributed by atoms with Crippen LogP contribution in [0.5, 0.6) is 0 Å². The number of thiazole rings is 1. The maximum atomic E-state index is 13.5. The molecule has 0 aliphatic carbocycles. The monoisotopic (exact) mass is 370 g/mol. The molecule has 0 fully saturated rings. The molecule has 3 aromatic rings. The minimum absolute atomic E-state index is 0.0422. The molecule has 0 atom stereocenters. The molecule has 132 valence electrons. The minimum Gasteiger partial charge on any atom is -0.382 e. The van der Waals surface area contributed by atoms with Gasteiger partial charge in [0.25, 0.3) is 5.91 Å². The Balaban J connectivity index is 1.53. The molecule has 0 unspecified atom stereocenters. The Morgan fingerprint density at radius 2 is 2.27 bits per heavy atom. The fourth-order valence-electron chi connectivity index (χ4n) is 2.29. The highest BCUT2D eigenvalue weighted by atomic mass is 32.1. The summed E-state index contributed by atoms with van der Waals surface area (Å²) in [6.45, 7) is 0.656. The molecule has 0 aliphatic rings. The van der Waals surface area contributed by atoms with Crippen LogP contribution in [0.1, 0.15) is 16.1 Å². The number of nitrogens with one attached hydrogen (secondary N) is 2. The first-order chi connectivity index (χ1) is 12.6. The molecule has 1 aromatic carbocycles. The topological polar surface area (TPSA) is 95.6 Å². The molecule has 0 radical (unpaired) electrons. The van der Waals surface area contributed by atoms with Crippen LogP contribution in [0.15, 0.2) is 36.0 Å². The molecule has 7 nitrogen and oxygen atoms in total. The number of carbonyl (C=O) groups is 1. The molecule has 9 heteroatoms. The van der Waals surface area contributed by atoms with E-state index < -0.39 is 5.82 Å². The fraction of sp³-hybridized carbons (Fsp3) is 0.176. The van der Waals surface area contributed by atoms with Gasteiger partial charge in [-0.3, -0.25) is 9.48 Å². The van der Waals surface area contributed by atoms with Crippen LogP contribution < -0.4 is 10.6 Å². The van der Waals surface area contributed by atoms with Gasteiger partial charge in [0.2, 0.25) is 0 Å². The summed E-state index contributed by atoms with van der Waals surface area (Å²) in [5.74, 6) is -0.870. The van der Waals surface area contributed by atoms with Crippen molar-refractivity contribution in [3.63, 3.8) is 0 Å². The second-order valence-electron chi connectivity index (χ2n) is 5.40. The first-order valence-corrected chi connectivity index (χ1v) is 8.61. The third-order valence-electron chi connectivity index (χ3n) is 3.54. The highest BCUT2D eigenvalue weighted by Crippen LogP contribution is 2.22. The third kappa shape index (κ3) is 3.87. The Labute approximate surface area is 153 Å². The Kier molecular flexibility index (Phi) is 5.24. The van der Waals surface area contributed by atoms with Crippen LogP contribution in [0.3, 0.4) is 0 Å². The molecule has 0 saturated carbocycles. The zero-order valence-corrected chi connectivity index (χ0v) is 14.7. The van der Waals surface area contributed by atoms with Crippen LogP contribution in [0.25, 0.3) is 10.6 Å². The van der Waals surface area contributed by atoms with Gasteiger partial charge in [-0.25, -0.2) is 9.37 Å². The van der Waals surface area contributed by atoms with E-state index in [0.29, 0.717) is 24.5 Å². The van der Waals surface area contributed by atoms with E-state index in [2.05, 4.69) is 20.7 Å². The minimum atomic E-state index is -0.577. The second kappa shape index (κ2) is 7.76. The lowest BCUT2D eigenvalue weighted by Crippen LogP contribution is -2.29. The number of carbonyl (C=O) groups excluding carboxylic acids is 1. The van der Waals surface area contributed by atoms with Crippen molar-refractivity contribution >= 4 is 22.9 Å². The Bertz CT molecular complexity index is 974. The van der Waals surface area contributed by atoms with E-state index in [1.807, 2.05) is 19.3 Å². The average Bonchev–Trinajstić information content (AvgIpc) is 3.27. The molecular formula is C17H15FN6OS. The van der Waals surface area contributed by atoms with Crippen LogP contribution in [0.2, 0.25) is 0 Å². The largest absolute Gasteiger partial charge is 0.382 e. The summed E-state index contributed by atoms with van der Waals surface area (Å²) in [4.78, 5) is 16.5. The maximum absolute atomic E-state index is 13.5. The van der Waals surface area contributed by atoms with Crippen LogP contribution >= 0.6 is 11.3 Å². The number of rotatable bonds is 6. The van der Waals surface area contributed by atoms with Crippen molar-refractivity contribution in [3.05, 3.63) is 53.0 Å². The molecule has 0 bridgehead atoms. The predicted molar refractivity (Wildman–Crippen MR) is 96.3 cm³/mol. The van der Waals surface area contributed by atoms with Crippen molar-refractivity contribution in [3.8, 4) is 16.6 Å². The van der Waals surface area contributed by atoms with Gasteiger partial charge in [0.05, 0.1) is 11.9 Å². The van der Waals surface area contributed by atoms with Crippen molar-refractivity contribution in [2.75, 3.05) is 18.4 Å². The van der Waals surface area contributed by atoms with E-state index in [1.165, 1.54) is 23.5 Å². The number of hydrogen-bond acceptors (Lipinski definition) is 6. The average molecular weight is 370 g/mol. The SMILES string of the molecule is Cn1cc(-c2nc(C(=O)NCCNc3cccc(F)c3C#N)cs2)cn1. The molecule has 3 rings (SSSR count). The lowest BCUT2D eigenvalue weighted by Gasteiger charge is -2.09. The van der Waals surface area contributed by atoms with Gasteiger partial charge in [-0.1, -0.05) is 6.07 Å². The van der Waals surface area contributed by atoms with Gasteiger partial charge in [-0.05, 0) is 12.1 Å². The van der Waals surface area contributed by atoms with Crippen LogP contribution in [0.4, 0.5) is 10.1 Å². The van der Waals surface area contributed by atoms with Gasteiger partial charge < -0.3 is 10.6 Å². The molecule has 1 amide bonds. The van der Waals surface area contributed by atoms with E-state index in [9.17, 15) is 9.18 Å². The lowest BCUT2D eigenvalue weighted by molar-refractivity contribution is 0.0951. The third-order valence-corrected chi connectivity index (χ3v) is 4.43. The van der Waals surface area contributed by atoms with E-state index in [4.69, 9.17) is 5.26 Å². The molecule has 0 aliphatic heterocycles. The summed E-state index contributed by atoms with van der Waals surface area (Å²) in [7, 11) is 1.81. The molecule has 2 N–H and O–H groups in total. The molecule has 2 aromatic heterocycles. The van der Waals surface area contributed by atoms with Gasteiger partial charge in [-0.15, -0.1) is 11.3 Å². The Morgan fingerprint density at radius 3 is 3.00 bits per heavy atom. The first kappa shape index (κ1) is 17.6. The van der Waals surface area contributed by atoms with Crippen molar-refractivity contribution in [2.24, 2.45) is 7.05 Å². The van der Waals surface area contributed by atoms with Gasteiger partial charge in [0, 0.05) is 37.3 Å². The van der Waals surface area contributed by atoms with Gasteiger partial charge in [0.15, 0.2) is 0 Å². The van der Waals surface area contributed by atoms with Gasteiger partial charge >= 0.3 is 0 Å². The highest BCUT2D eigenvalue weighted by molar-refractivity contribution is 7.13. The number of nitriles is 1. The summed E-state index contributed by atoms with van der Waals surface area (Å²) >= 11 is 1.37. The molecule has 2 heterocycles. The quantitative estimate of drug-likeness (QED) is 0.650. The van der Waals surface area contributed by atoms with E-state index in [1.54, 1.807) is 22.3 Å². The number of aromatic nitrogens is 3. The number of benzene rings is 1. The van der Waals surface area contributed by atoms with Crippen molar-refractivity contribution < 1.29 is 9.18 Å². The smallest absolute Gasteiger partial charge is 0.270 e. The van der Waals surface area contributed by atoms with Crippen LogP contribution in [0, 0.1) is 17.1 Å². The van der Waals surface area contributed by atoms with Crippen LogP contribution in [-0.4, -0.2) is 33.8 Å². The second-order valence-corrected chi connectivity index (χ2v) is 6.26. The Morgan fingerprint density at radius 1 is 1.42 bits per heavy atom. The van der Waals surface area contributed by atoms with E-state index >= 15 is 0 Å². The summed E-state index contributed by atoms with van der Waals surface area (Å²) in [5.41, 5.74) is 1.54. The number of anilines is 1. The molecular weight excluding hydrogens is 355 g/mol. The number of nitrogens with zero attached hydrogens (tertiary/aromatic N) is 4. The van der Waals surface area contributed by atoms with E-state index in [-0.39, 0.29) is 11.5 Å². The summed E-state index contributed by atoms with van der Waals surface area (Å²) in [6.07, 6.45) is 3.52. The zero-order valence-electron chi connectivity index (χ0n) is 13.9. The standard InChI is InChI=1S/C17H15FN6OS/c1-24-9-11(8-22-24)17-23-15(10-26-17)16(25)21-6-5-20-14-4-2-3-13(18)12(14)7-19/h2-4,8-10,20H,5-6H2,1H3,(H,21,25). The van der Waals surface area contributed by atoms with Crippen molar-refractivity contribution in [1.82, 2.24) is 20.1 Å². The number of aryl methyl sites for hydroxylation is 1. The highest BCUT2D eigenvalue weighted by Gasteiger charge is 2.12. The summed E-state index contributed by atoms with van der Waals surface area (Å²) in [5, 5.41) is 21.1. The first-order valence-electron chi connectivity index (χ1n) is 7.73. The van der Waals surface area contributed by atoms with E-state index in [0.717, 1.165) is 10.6 Å². The zero-order chi connectivity index (χ0) is 18.5. The molecule has 0 spiro atoms. The molecule has 26 heavy (non-hydrogen) atoms. The van der Waals surface area contributed by atoms with Crippen molar-refractivity contribution in [2.45, 2.75) is 0 Å². The van der Waals surface area contributed by atoms with Gasteiger partial charge in [-0.2, -0.15) is 10.4 Å². The normalized spacial score (nSPS) is 10.3. The van der Waals surface area contributed by atoms with Crippen molar-refractivity contribution in [1.29, 1.82) is 5.26 Å². The predicted octanol–water partition coefficient (Wildman–Crippen LogP) is 2.40.